The molecule has 142 valence electrons. The van der Waals surface area contributed by atoms with Crippen molar-refractivity contribution in [1.82, 2.24) is 35.3 Å². The van der Waals surface area contributed by atoms with Crippen molar-refractivity contribution >= 4 is 28.1 Å². The first-order valence-electron chi connectivity index (χ1n) is 8.63. The number of carbonyl (C=O) groups excluding carboxylic acids is 2. The lowest BCUT2D eigenvalue weighted by molar-refractivity contribution is -0.126. The number of nitrogens with one attached hydrogen (secondary N) is 2. The van der Waals surface area contributed by atoms with E-state index in [0.29, 0.717) is 13.0 Å². The summed E-state index contributed by atoms with van der Waals surface area (Å²) in [5.74, 6) is 0.373. The number of carbonyl (C=O) groups is 2. The number of hydrogen-bond donors (Lipinski definition) is 2. The third-order valence-corrected chi connectivity index (χ3v) is 5.01. The molecular formula is C15H23N7O3S. The summed E-state index contributed by atoms with van der Waals surface area (Å²) in [6.45, 7) is 6.45. The highest BCUT2D eigenvalue weighted by molar-refractivity contribution is 7.16. The van der Waals surface area contributed by atoms with Crippen LogP contribution in [0.1, 0.15) is 17.3 Å². The molecule has 1 aliphatic heterocycles. The topological polar surface area (TPSA) is 114 Å². The van der Waals surface area contributed by atoms with Gasteiger partial charge in [-0.2, -0.15) is 9.61 Å². The summed E-state index contributed by atoms with van der Waals surface area (Å²) in [4.78, 5) is 26.6. The largest absolute Gasteiger partial charge is 0.379 e. The van der Waals surface area contributed by atoms with E-state index in [2.05, 4.69) is 30.8 Å². The van der Waals surface area contributed by atoms with Crippen molar-refractivity contribution in [3.8, 4) is 0 Å². The molecule has 26 heavy (non-hydrogen) atoms. The van der Waals surface area contributed by atoms with Gasteiger partial charge < -0.3 is 15.4 Å². The van der Waals surface area contributed by atoms with Gasteiger partial charge in [-0.3, -0.25) is 14.5 Å². The van der Waals surface area contributed by atoms with E-state index in [9.17, 15) is 9.59 Å². The van der Waals surface area contributed by atoms with Crippen LogP contribution in [-0.2, 0) is 20.7 Å². The standard InChI is InChI=1S/C15H23N7O3S/c1-11-18-19-15-22(11)20-14(26-15)3-2-12(23)17-10-13(24)16-4-5-21-6-8-25-9-7-21/h2-10H2,1H3,(H,16,24)(H,17,23). The molecular weight excluding hydrogens is 358 g/mol. The summed E-state index contributed by atoms with van der Waals surface area (Å²) >= 11 is 1.41. The number of hydrogen-bond acceptors (Lipinski definition) is 8. The molecule has 0 atom stereocenters. The van der Waals surface area contributed by atoms with Gasteiger partial charge in [-0.25, -0.2) is 0 Å². The van der Waals surface area contributed by atoms with Crippen LogP contribution >= 0.6 is 11.3 Å². The van der Waals surface area contributed by atoms with E-state index in [1.807, 2.05) is 6.92 Å². The second-order valence-electron chi connectivity index (χ2n) is 6.02. The fourth-order valence-corrected chi connectivity index (χ4v) is 3.46. The predicted octanol–water partition coefficient (Wildman–Crippen LogP) is -1.01. The zero-order chi connectivity index (χ0) is 18.4. The molecule has 10 nitrogen and oxygen atoms in total. The van der Waals surface area contributed by atoms with Gasteiger partial charge in [0.2, 0.25) is 16.8 Å². The molecule has 3 rings (SSSR count). The fraction of sp³-hybridized carbons (Fsp3) is 0.667. The van der Waals surface area contributed by atoms with Crippen LogP contribution in [0.25, 0.3) is 4.96 Å². The van der Waals surface area contributed by atoms with Crippen LogP contribution in [-0.4, -0.2) is 82.5 Å². The zero-order valence-electron chi connectivity index (χ0n) is 14.7. The highest BCUT2D eigenvalue weighted by atomic mass is 32.1. The van der Waals surface area contributed by atoms with Gasteiger partial charge in [0.25, 0.3) is 0 Å². The molecule has 1 saturated heterocycles. The number of nitrogens with zero attached hydrogens (tertiary/aromatic N) is 5. The Bertz CT molecular complexity index is 754. The zero-order valence-corrected chi connectivity index (χ0v) is 15.5. The summed E-state index contributed by atoms with van der Waals surface area (Å²) in [6.07, 6.45) is 0.794. The van der Waals surface area contributed by atoms with Gasteiger partial charge in [-0.15, -0.1) is 10.2 Å². The normalized spacial score (nSPS) is 15.3. The molecule has 0 saturated carbocycles. The van der Waals surface area contributed by atoms with Crippen LogP contribution in [0.15, 0.2) is 0 Å². The molecule has 0 spiro atoms. The van der Waals surface area contributed by atoms with Gasteiger partial charge in [-0.1, -0.05) is 11.3 Å². The Balaban J connectivity index is 1.29. The number of rotatable bonds is 8. The maximum absolute atomic E-state index is 11.9. The van der Waals surface area contributed by atoms with Crippen molar-refractivity contribution < 1.29 is 14.3 Å². The summed E-state index contributed by atoms with van der Waals surface area (Å²) in [6, 6.07) is 0. The molecule has 11 heteroatoms. The molecule has 2 N–H and O–H groups in total. The van der Waals surface area contributed by atoms with Crippen LogP contribution < -0.4 is 10.6 Å². The molecule has 1 fully saturated rings. The Morgan fingerprint density at radius 2 is 2.00 bits per heavy atom. The molecule has 3 heterocycles. The Morgan fingerprint density at radius 1 is 1.19 bits per heavy atom. The van der Waals surface area contributed by atoms with Gasteiger partial charge in [0, 0.05) is 39.0 Å². The van der Waals surface area contributed by atoms with Crippen molar-refractivity contribution in [1.29, 1.82) is 0 Å². The first-order valence-corrected chi connectivity index (χ1v) is 9.44. The lowest BCUT2D eigenvalue weighted by Gasteiger charge is -2.26. The summed E-state index contributed by atoms with van der Waals surface area (Å²) in [7, 11) is 0. The Kier molecular flexibility index (Phi) is 6.47. The number of ether oxygens (including phenoxy) is 1. The minimum absolute atomic E-state index is 0.00778. The van der Waals surface area contributed by atoms with Crippen molar-refractivity contribution in [3.63, 3.8) is 0 Å². The maximum atomic E-state index is 11.9. The average molecular weight is 381 g/mol. The van der Waals surface area contributed by atoms with Gasteiger partial charge in [-0.05, 0) is 6.92 Å². The van der Waals surface area contributed by atoms with Crippen LogP contribution in [0.4, 0.5) is 0 Å². The number of fused-ring (bicyclic) bond motifs is 1. The van der Waals surface area contributed by atoms with E-state index >= 15 is 0 Å². The van der Waals surface area contributed by atoms with E-state index in [1.54, 1.807) is 4.52 Å². The SMILES string of the molecule is Cc1nnc2sc(CCC(=O)NCC(=O)NCCN3CCOCC3)nn12. The van der Waals surface area contributed by atoms with Crippen LogP contribution in [0.3, 0.4) is 0 Å². The van der Waals surface area contributed by atoms with Crippen molar-refractivity contribution in [3.05, 3.63) is 10.8 Å². The predicted molar refractivity (Wildman–Crippen MR) is 95.0 cm³/mol. The first-order chi connectivity index (χ1) is 12.6. The van der Waals surface area contributed by atoms with Crippen molar-refractivity contribution in [2.45, 2.75) is 19.8 Å². The highest BCUT2D eigenvalue weighted by Gasteiger charge is 2.12. The Hall–Kier alpha value is -2.11. The van der Waals surface area contributed by atoms with Gasteiger partial charge >= 0.3 is 0 Å². The van der Waals surface area contributed by atoms with Gasteiger partial charge in [0.1, 0.15) is 5.01 Å². The van der Waals surface area contributed by atoms with Crippen LogP contribution in [0, 0.1) is 6.92 Å². The third-order valence-electron chi connectivity index (χ3n) is 4.05. The average Bonchev–Trinajstić information content (AvgIpc) is 3.21. The van der Waals surface area contributed by atoms with Gasteiger partial charge in [0.15, 0.2) is 5.82 Å². The first kappa shape index (κ1) is 18.7. The minimum Gasteiger partial charge on any atom is -0.379 e. The number of aryl methyl sites for hydroxylation is 2. The Morgan fingerprint density at radius 3 is 2.77 bits per heavy atom. The third kappa shape index (κ3) is 5.19. The molecule has 2 aromatic heterocycles. The minimum atomic E-state index is -0.180. The Labute approximate surface area is 154 Å². The molecule has 2 amide bonds. The summed E-state index contributed by atoms with van der Waals surface area (Å²) in [5, 5.41) is 18.6. The molecule has 0 aliphatic carbocycles. The van der Waals surface area contributed by atoms with E-state index in [4.69, 9.17) is 4.74 Å². The summed E-state index contributed by atoms with van der Waals surface area (Å²) in [5.41, 5.74) is 0. The number of aromatic nitrogens is 4. The summed E-state index contributed by atoms with van der Waals surface area (Å²) < 4.78 is 6.94. The maximum Gasteiger partial charge on any atom is 0.239 e. The second kappa shape index (κ2) is 9.01. The lowest BCUT2D eigenvalue weighted by Crippen LogP contribution is -2.43. The number of morpholine rings is 1. The highest BCUT2D eigenvalue weighted by Crippen LogP contribution is 2.14. The molecule has 2 aromatic rings. The monoisotopic (exact) mass is 381 g/mol. The quantitative estimate of drug-likeness (QED) is 0.602. The fourth-order valence-electron chi connectivity index (χ4n) is 2.58. The van der Waals surface area contributed by atoms with Crippen LogP contribution in [0.2, 0.25) is 0 Å². The van der Waals surface area contributed by atoms with E-state index < -0.39 is 0 Å². The number of amides is 2. The molecule has 0 bridgehead atoms. The molecule has 0 radical (unpaired) electrons. The van der Waals surface area contributed by atoms with Crippen molar-refractivity contribution in [2.24, 2.45) is 0 Å². The van der Waals surface area contributed by atoms with Crippen LogP contribution in [0.5, 0.6) is 0 Å². The smallest absolute Gasteiger partial charge is 0.239 e. The molecule has 1 aliphatic rings. The van der Waals surface area contributed by atoms with E-state index in [-0.39, 0.29) is 24.8 Å². The van der Waals surface area contributed by atoms with Crippen molar-refractivity contribution in [2.75, 3.05) is 45.9 Å². The lowest BCUT2D eigenvalue weighted by atomic mass is 10.3. The molecule has 0 aromatic carbocycles. The van der Waals surface area contributed by atoms with E-state index in [0.717, 1.165) is 48.6 Å². The molecule has 0 unspecified atom stereocenters. The second-order valence-corrected chi connectivity index (χ2v) is 7.06. The van der Waals surface area contributed by atoms with Gasteiger partial charge in [0.05, 0.1) is 19.8 Å². The van der Waals surface area contributed by atoms with E-state index in [1.165, 1.54) is 11.3 Å².